The Morgan fingerprint density at radius 1 is 0.838 bits per heavy atom. The van der Waals surface area contributed by atoms with Crippen LogP contribution >= 0.6 is 0 Å². The Labute approximate surface area is 219 Å². The Morgan fingerprint density at radius 3 is 1.97 bits per heavy atom. The minimum absolute atomic E-state index is 0.0675. The van der Waals surface area contributed by atoms with Crippen LogP contribution < -0.4 is 10.2 Å². The molecular weight excluding hydrogens is 458 g/mol. The average Bonchev–Trinajstić information content (AvgIpc) is 2.97. The topological polar surface area (TPSA) is 44.8 Å². The van der Waals surface area contributed by atoms with Gasteiger partial charge in [-0.05, 0) is 47.2 Å². The fraction of sp³-hybridized carbons (Fsp3) is 0.344. The van der Waals surface area contributed by atoms with Gasteiger partial charge in [-0.3, -0.25) is 0 Å². The molecule has 0 bridgehead atoms. The monoisotopic (exact) mass is 491 g/mol. The van der Waals surface area contributed by atoms with Gasteiger partial charge >= 0.3 is 6.03 Å². The number of urea groups is 1. The number of rotatable bonds is 3. The number of carbonyl (C=O) groups is 1. The van der Waals surface area contributed by atoms with Crippen LogP contribution in [0.3, 0.4) is 0 Å². The third-order valence-electron chi connectivity index (χ3n) is 7.87. The molecule has 5 heteroatoms. The molecule has 3 aliphatic heterocycles. The number of benzene rings is 3. The average molecular weight is 492 g/mol. The van der Waals surface area contributed by atoms with Crippen molar-refractivity contribution < 1.29 is 9.53 Å². The number of hydrogen-bond donors (Lipinski definition) is 1. The number of amides is 2. The van der Waals surface area contributed by atoms with Crippen molar-refractivity contribution >= 4 is 11.7 Å². The van der Waals surface area contributed by atoms with Crippen LogP contribution in [0.25, 0.3) is 0 Å². The van der Waals surface area contributed by atoms with E-state index >= 15 is 0 Å². The van der Waals surface area contributed by atoms with Crippen molar-refractivity contribution in [3.05, 3.63) is 101 Å². The predicted octanol–water partition coefficient (Wildman–Crippen LogP) is 4.96. The molecule has 37 heavy (non-hydrogen) atoms. The third-order valence-corrected chi connectivity index (χ3v) is 7.87. The minimum Gasteiger partial charge on any atom is -0.378 e. The van der Waals surface area contributed by atoms with Gasteiger partial charge in [-0.25, -0.2) is 4.79 Å². The van der Waals surface area contributed by atoms with Crippen LogP contribution in [0.1, 0.15) is 52.5 Å². The van der Waals surface area contributed by atoms with Gasteiger partial charge in [-0.1, -0.05) is 72.5 Å². The van der Waals surface area contributed by atoms with E-state index in [1.54, 1.807) is 4.90 Å². The lowest BCUT2D eigenvalue weighted by Crippen LogP contribution is -2.46. The Balaban J connectivity index is 1.34. The Bertz CT molecular complexity index is 1230. The standard InChI is InChI=1S/C32H33N3O2/c36-32(35-18-20-37-21-19-35)33-15-7-8-24-22-29-27(25-9-3-1-4-10-25)13-16-34-17-14-28(30(23-24)31(29)34)26-11-5-2-6-12-26/h1-6,9-12,22-23,27-28H,13-21H2,(H,33,36). The number of hydrogen-bond acceptors (Lipinski definition) is 3. The second kappa shape index (κ2) is 10.7. The van der Waals surface area contributed by atoms with Crippen molar-refractivity contribution in [2.24, 2.45) is 0 Å². The molecule has 6 rings (SSSR count). The first-order valence-electron chi connectivity index (χ1n) is 13.4. The molecule has 3 aromatic carbocycles. The highest BCUT2D eigenvalue weighted by atomic mass is 16.5. The number of ether oxygens (including phenoxy) is 1. The summed E-state index contributed by atoms with van der Waals surface area (Å²) in [7, 11) is 0. The molecule has 2 amide bonds. The van der Waals surface area contributed by atoms with Crippen LogP contribution in [-0.2, 0) is 4.74 Å². The maximum absolute atomic E-state index is 12.4. The molecule has 2 atom stereocenters. The second-order valence-electron chi connectivity index (χ2n) is 10.1. The molecule has 0 spiro atoms. The molecule has 0 saturated carbocycles. The molecular formula is C32H33N3O2. The number of carbonyl (C=O) groups excluding carboxylic acids is 1. The Hall–Kier alpha value is -3.75. The van der Waals surface area contributed by atoms with Gasteiger partial charge in [0.25, 0.3) is 0 Å². The highest BCUT2D eigenvalue weighted by molar-refractivity contribution is 5.74. The van der Waals surface area contributed by atoms with E-state index in [-0.39, 0.29) is 6.03 Å². The summed E-state index contributed by atoms with van der Waals surface area (Å²) in [6.45, 7) is 4.95. The summed E-state index contributed by atoms with van der Waals surface area (Å²) in [5, 5.41) is 2.95. The summed E-state index contributed by atoms with van der Waals surface area (Å²) in [5.41, 5.74) is 7.95. The lowest BCUT2D eigenvalue weighted by molar-refractivity contribution is 0.0535. The third kappa shape index (κ3) is 4.95. The van der Waals surface area contributed by atoms with E-state index in [4.69, 9.17) is 4.74 Å². The minimum atomic E-state index is -0.0675. The molecule has 3 heterocycles. The van der Waals surface area contributed by atoms with Gasteiger partial charge in [-0.15, -0.1) is 0 Å². The van der Waals surface area contributed by atoms with Crippen molar-refractivity contribution in [2.45, 2.75) is 24.7 Å². The fourth-order valence-electron chi connectivity index (χ4n) is 6.07. The van der Waals surface area contributed by atoms with Gasteiger partial charge in [-0.2, -0.15) is 0 Å². The highest BCUT2D eigenvalue weighted by Crippen LogP contribution is 2.48. The summed E-state index contributed by atoms with van der Waals surface area (Å²) in [6.07, 6.45) is 2.22. The summed E-state index contributed by atoms with van der Waals surface area (Å²) >= 11 is 0. The fourth-order valence-corrected chi connectivity index (χ4v) is 6.07. The summed E-state index contributed by atoms with van der Waals surface area (Å²) in [5.74, 6) is 7.33. The molecule has 188 valence electrons. The maximum atomic E-state index is 12.4. The van der Waals surface area contributed by atoms with Gasteiger partial charge in [0.05, 0.1) is 19.8 Å². The van der Waals surface area contributed by atoms with Crippen molar-refractivity contribution in [1.29, 1.82) is 0 Å². The normalized spacial score (nSPS) is 20.4. The SMILES string of the molecule is O=C(NCC#Cc1cc2c3c(c1)C(c1ccccc1)CCN3CCC2c1ccccc1)N1CCOCC1. The Kier molecular flexibility index (Phi) is 6.84. The van der Waals surface area contributed by atoms with Crippen LogP contribution in [-0.4, -0.2) is 56.9 Å². The van der Waals surface area contributed by atoms with Crippen LogP contribution in [0.15, 0.2) is 72.8 Å². The predicted molar refractivity (Wildman–Crippen MR) is 147 cm³/mol. The van der Waals surface area contributed by atoms with Gasteiger partial charge in [0.1, 0.15) is 0 Å². The van der Waals surface area contributed by atoms with E-state index in [1.807, 2.05) is 0 Å². The van der Waals surface area contributed by atoms with Gasteiger partial charge in [0, 0.05) is 49.3 Å². The lowest BCUT2D eigenvalue weighted by atomic mass is 9.76. The number of morpholine rings is 1. The van der Waals surface area contributed by atoms with Crippen molar-refractivity contribution in [3.8, 4) is 11.8 Å². The van der Waals surface area contributed by atoms with E-state index in [9.17, 15) is 4.79 Å². The second-order valence-corrected chi connectivity index (χ2v) is 10.1. The van der Waals surface area contributed by atoms with Crippen molar-refractivity contribution in [3.63, 3.8) is 0 Å². The van der Waals surface area contributed by atoms with Crippen LogP contribution in [0, 0.1) is 11.8 Å². The van der Waals surface area contributed by atoms with Crippen molar-refractivity contribution in [1.82, 2.24) is 10.2 Å². The van der Waals surface area contributed by atoms with E-state index < -0.39 is 0 Å². The zero-order valence-electron chi connectivity index (χ0n) is 21.2. The van der Waals surface area contributed by atoms with Gasteiger partial charge in [0.2, 0.25) is 0 Å². The Morgan fingerprint density at radius 2 is 1.41 bits per heavy atom. The quantitative estimate of drug-likeness (QED) is 0.527. The number of anilines is 1. The molecule has 1 fully saturated rings. The summed E-state index contributed by atoms with van der Waals surface area (Å²) < 4.78 is 5.34. The van der Waals surface area contributed by atoms with E-state index in [0.29, 0.717) is 44.7 Å². The zero-order valence-corrected chi connectivity index (χ0v) is 21.2. The first-order chi connectivity index (χ1) is 18.3. The lowest BCUT2D eigenvalue weighted by Gasteiger charge is -2.43. The molecule has 0 aliphatic carbocycles. The molecule has 3 aliphatic rings. The first-order valence-corrected chi connectivity index (χ1v) is 13.4. The van der Waals surface area contributed by atoms with Crippen LogP contribution in [0.5, 0.6) is 0 Å². The maximum Gasteiger partial charge on any atom is 0.318 e. The summed E-state index contributed by atoms with van der Waals surface area (Å²) in [4.78, 5) is 16.8. The molecule has 1 N–H and O–H groups in total. The summed E-state index contributed by atoms with van der Waals surface area (Å²) in [6, 6.07) is 26.3. The van der Waals surface area contributed by atoms with Gasteiger partial charge < -0.3 is 19.9 Å². The molecule has 0 radical (unpaired) electrons. The van der Waals surface area contributed by atoms with Gasteiger partial charge in [0.15, 0.2) is 0 Å². The molecule has 1 saturated heterocycles. The van der Waals surface area contributed by atoms with E-state index in [2.05, 4.69) is 94.9 Å². The zero-order chi connectivity index (χ0) is 25.0. The van der Waals surface area contributed by atoms with E-state index in [1.165, 1.54) is 27.9 Å². The van der Waals surface area contributed by atoms with Crippen LogP contribution in [0.2, 0.25) is 0 Å². The first kappa shape index (κ1) is 23.6. The number of nitrogens with one attached hydrogen (secondary N) is 1. The molecule has 0 aromatic heterocycles. The molecule has 5 nitrogen and oxygen atoms in total. The largest absolute Gasteiger partial charge is 0.378 e. The van der Waals surface area contributed by atoms with Crippen LogP contribution in [0.4, 0.5) is 10.5 Å². The molecule has 2 unspecified atom stereocenters. The number of nitrogens with zero attached hydrogens (tertiary/aromatic N) is 2. The smallest absolute Gasteiger partial charge is 0.318 e. The van der Waals surface area contributed by atoms with E-state index in [0.717, 1.165) is 31.5 Å². The highest BCUT2D eigenvalue weighted by Gasteiger charge is 2.34. The van der Waals surface area contributed by atoms with Crippen molar-refractivity contribution in [2.75, 3.05) is 50.8 Å². The molecule has 3 aromatic rings.